The molecule has 200 valence electrons. The van der Waals surface area contributed by atoms with Gasteiger partial charge in [0.1, 0.15) is 0 Å². The van der Waals surface area contributed by atoms with Crippen molar-refractivity contribution in [2.75, 3.05) is 46.7 Å². The molecular formula is C24H35ClN4O7. The summed E-state index contributed by atoms with van der Waals surface area (Å²) < 4.78 is 15.2. The molecule has 2 aliphatic heterocycles. The average molecular weight is 527 g/mol. The summed E-state index contributed by atoms with van der Waals surface area (Å²) in [7, 11) is 2.09. The molecule has 0 aliphatic carbocycles. The minimum atomic E-state index is -0.430. The van der Waals surface area contributed by atoms with E-state index in [9.17, 15) is 20.2 Å². The molecule has 0 aromatic heterocycles. The van der Waals surface area contributed by atoms with Gasteiger partial charge >= 0.3 is 0 Å². The highest BCUT2D eigenvalue weighted by Gasteiger charge is 2.18. The van der Waals surface area contributed by atoms with E-state index in [-0.39, 0.29) is 28.7 Å². The standard InChI is InChI=1S/C13H18N2O3.C7H8N2O2.C4H8O2.ClH/c1-14(12-6-8-18-9-7-12)10-11-2-4-13(5-3-11)15(16)17;8-5-6-1-3-7(4-2-6)9(10)11;1-2-6-4-3-5-1;/h2-5,12H,6-10H2,1H3;1-4H,5,8H2;1-4H2;1H. The van der Waals surface area contributed by atoms with Crippen LogP contribution >= 0.6 is 12.4 Å². The summed E-state index contributed by atoms with van der Waals surface area (Å²) in [6.07, 6.45) is 2.12. The Kier molecular flexibility index (Phi) is 15.4. The molecule has 2 aromatic rings. The normalized spacial score (nSPS) is 15.4. The van der Waals surface area contributed by atoms with Gasteiger partial charge in [-0.3, -0.25) is 25.1 Å². The molecule has 0 radical (unpaired) electrons. The Morgan fingerprint density at radius 2 is 1.17 bits per heavy atom. The molecule has 2 saturated heterocycles. The van der Waals surface area contributed by atoms with Gasteiger partial charge in [0.05, 0.1) is 36.3 Å². The first kappa shape index (κ1) is 31.4. The Morgan fingerprint density at radius 3 is 1.53 bits per heavy atom. The Bertz CT molecular complexity index is 879. The van der Waals surface area contributed by atoms with Crippen LogP contribution in [0.1, 0.15) is 24.0 Å². The van der Waals surface area contributed by atoms with E-state index in [1.54, 1.807) is 24.3 Å². The van der Waals surface area contributed by atoms with E-state index in [1.807, 2.05) is 12.1 Å². The molecule has 0 bridgehead atoms. The number of benzene rings is 2. The van der Waals surface area contributed by atoms with Crippen LogP contribution in [0.5, 0.6) is 0 Å². The summed E-state index contributed by atoms with van der Waals surface area (Å²) in [6.45, 7) is 6.01. The van der Waals surface area contributed by atoms with Gasteiger partial charge in [-0.05, 0) is 31.0 Å². The largest absolute Gasteiger partial charge is 0.381 e. The summed E-state index contributed by atoms with van der Waals surface area (Å²) >= 11 is 0. The van der Waals surface area contributed by atoms with Gasteiger partial charge in [0.15, 0.2) is 0 Å². The zero-order valence-electron chi connectivity index (χ0n) is 20.5. The molecule has 0 atom stereocenters. The summed E-state index contributed by atoms with van der Waals surface area (Å²) in [6, 6.07) is 13.5. The van der Waals surface area contributed by atoms with Crippen molar-refractivity contribution in [3.63, 3.8) is 0 Å². The quantitative estimate of drug-likeness (QED) is 0.440. The van der Waals surface area contributed by atoms with Crippen molar-refractivity contribution in [3.8, 4) is 0 Å². The second-order valence-electron chi connectivity index (χ2n) is 8.03. The average Bonchev–Trinajstić information content (AvgIpc) is 2.91. The van der Waals surface area contributed by atoms with E-state index in [2.05, 4.69) is 11.9 Å². The first-order valence-electron chi connectivity index (χ1n) is 11.5. The SMILES string of the molecule is C1COCCO1.CN(Cc1ccc([N+](=O)[O-])cc1)C1CCOCC1.Cl.NCc1ccc([N+](=O)[O-])cc1. The Morgan fingerprint density at radius 1 is 0.778 bits per heavy atom. The van der Waals surface area contributed by atoms with E-state index < -0.39 is 4.92 Å². The molecule has 2 fully saturated rings. The third-order valence-corrected chi connectivity index (χ3v) is 5.52. The van der Waals surface area contributed by atoms with Gasteiger partial charge in [-0.15, -0.1) is 12.4 Å². The lowest BCUT2D eigenvalue weighted by atomic mass is 10.1. The predicted octanol–water partition coefficient (Wildman–Crippen LogP) is 3.71. The smallest absolute Gasteiger partial charge is 0.269 e. The Labute approximate surface area is 217 Å². The molecule has 0 spiro atoms. The van der Waals surface area contributed by atoms with Crippen LogP contribution in [-0.4, -0.2) is 67.5 Å². The van der Waals surface area contributed by atoms with Crippen LogP contribution in [0.25, 0.3) is 0 Å². The van der Waals surface area contributed by atoms with Crippen LogP contribution in [0.15, 0.2) is 48.5 Å². The molecule has 36 heavy (non-hydrogen) atoms. The van der Waals surface area contributed by atoms with Crippen LogP contribution in [0, 0.1) is 20.2 Å². The van der Waals surface area contributed by atoms with E-state index in [1.165, 1.54) is 12.1 Å². The highest BCUT2D eigenvalue weighted by atomic mass is 35.5. The summed E-state index contributed by atoms with van der Waals surface area (Å²) in [4.78, 5) is 22.2. The fourth-order valence-corrected chi connectivity index (χ4v) is 3.46. The van der Waals surface area contributed by atoms with Crippen molar-refractivity contribution in [2.24, 2.45) is 5.73 Å². The van der Waals surface area contributed by atoms with Gasteiger partial charge in [0, 0.05) is 56.6 Å². The molecule has 0 unspecified atom stereocenters. The number of nitro benzene ring substituents is 2. The van der Waals surface area contributed by atoms with Crippen molar-refractivity contribution in [2.45, 2.75) is 32.0 Å². The lowest BCUT2D eigenvalue weighted by molar-refractivity contribution is -0.385. The van der Waals surface area contributed by atoms with E-state index in [4.69, 9.17) is 19.9 Å². The lowest BCUT2D eigenvalue weighted by Gasteiger charge is -2.31. The summed E-state index contributed by atoms with van der Waals surface area (Å²) in [5.74, 6) is 0. The third-order valence-electron chi connectivity index (χ3n) is 5.52. The first-order valence-corrected chi connectivity index (χ1v) is 11.5. The van der Waals surface area contributed by atoms with Gasteiger partial charge in [-0.2, -0.15) is 0 Å². The number of hydrogen-bond donors (Lipinski definition) is 1. The topological polar surface area (TPSA) is 143 Å². The number of rotatable bonds is 6. The molecule has 2 aliphatic rings. The summed E-state index contributed by atoms with van der Waals surface area (Å²) in [5.41, 5.74) is 7.56. The second-order valence-corrected chi connectivity index (χ2v) is 8.03. The molecule has 2 heterocycles. The first-order chi connectivity index (χ1) is 16.9. The number of hydrogen-bond acceptors (Lipinski definition) is 9. The minimum absolute atomic E-state index is 0. The highest BCUT2D eigenvalue weighted by Crippen LogP contribution is 2.17. The fourth-order valence-electron chi connectivity index (χ4n) is 3.46. The molecule has 4 rings (SSSR count). The minimum Gasteiger partial charge on any atom is -0.381 e. The van der Waals surface area contributed by atoms with Crippen molar-refractivity contribution in [1.29, 1.82) is 0 Å². The fraction of sp³-hybridized carbons (Fsp3) is 0.500. The van der Waals surface area contributed by atoms with Gasteiger partial charge in [0.2, 0.25) is 0 Å². The van der Waals surface area contributed by atoms with Crippen molar-refractivity contribution in [3.05, 3.63) is 79.9 Å². The maximum atomic E-state index is 10.6. The van der Waals surface area contributed by atoms with Gasteiger partial charge < -0.3 is 19.9 Å². The lowest BCUT2D eigenvalue weighted by Crippen LogP contribution is -2.36. The van der Waals surface area contributed by atoms with E-state index in [0.717, 1.165) is 70.2 Å². The Balaban J connectivity index is 0.000000305. The second kappa shape index (κ2) is 17.7. The van der Waals surface area contributed by atoms with E-state index in [0.29, 0.717) is 12.6 Å². The van der Waals surface area contributed by atoms with Crippen LogP contribution in [0.2, 0.25) is 0 Å². The van der Waals surface area contributed by atoms with E-state index >= 15 is 0 Å². The number of non-ortho nitro benzene ring substituents is 2. The number of nitrogens with zero attached hydrogens (tertiary/aromatic N) is 3. The maximum absolute atomic E-state index is 10.6. The highest BCUT2D eigenvalue weighted by molar-refractivity contribution is 5.85. The Hall–Kier alpha value is -2.67. The third kappa shape index (κ3) is 11.8. The van der Waals surface area contributed by atoms with Crippen LogP contribution in [0.4, 0.5) is 11.4 Å². The molecule has 2 N–H and O–H groups in total. The van der Waals surface area contributed by atoms with Crippen LogP contribution in [0.3, 0.4) is 0 Å². The van der Waals surface area contributed by atoms with Gasteiger partial charge in [-0.25, -0.2) is 0 Å². The van der Waals surface area contributed by atoms with Gasteiger partial charge in [0.25, 0.3) is 11.4 Å². The number of nitro groups is 2. The molecule has 12 heteroatoms. The van der Waals surface area contributed by atoms with Crippen molar-refractivity contribution < 1.29 is 24.1 Å². The molecule has 0 amide bonds. The van der Waals surface area contributed by atoms with Crippen LogP contribution in [-0.2, 0) is 27.3 Å². The molecule has 0 saturated carbocycles. The number of nitrogens with two attached hydrogens (primary N) is 1. The molecule has 11 nitrogen and oxygen atoms in total. The zero-order valence-corrected chi connectivity index (χ0v) is 21.3. The maximum Gasteiger partial charge on any atom is 0.269 e. The zero-order chi connectivity index (χ0) is 25.5. The molecule has 2 aromatic carbocycles. The van der Waals surface area contributed by atoms with Crippen molar-refractivity contribution >= 4 is 23.8 Å². The monoisotopic (exact) mass is 526 g/mol. The summed E-state index contributed by atoms with van der Waals surface area (Å²) in [5, 5.41) is 20.7. The number of halogens is 1. The van der Waals surface area contributed by atoms with Crippen LogP contribution < -0.4 is 5.73 Å². The van der Waals surface area contributed by atoms with Gasteiger partial charge in [-0.1, -0.05) is 24.3 Å². The molecular weight excluding hydrogens is 492 g/mol. The predicted molar refractivity (Wildman–Crippen MR) is 138 cm³/mol. The number of ether oxygens (including phenoxy) is 3. The van der Waals surface area contributed by atoms with Crippen molar-refractivity contribution in [1.82, 2.24) is 4.90 Å².